The van der Waals surface area contributed by atoms with Crippen LogP contribution in [0.5, 0.6) is 0 Å². The van der Waals surface area contributed by atoms with E-state index in [-0.39, 0.29) is 33.3 Å². The molecule has 0 fully saturated rings. The minimum Gasteiger partial charge on any atom is -0.455 e. The molecule has 8 aromatic carbocycles. The molecule has 10 aromatic rings. The summed E-state index contributed by atoms with van der Waals surface area (Å²) in [5.41, 5.74) is 25.5. The van der Waals surface area contributed by atoms with Crippen molar-refractivity contribution >= 4 is 84.7 Å². The first-order valence-corrected chi connectivity index (χ1v) is 26.6. The summed E-state index contributed by atoms with van der Waals surface area (Å²) >= 11 is 2.03. The van der Waals surface area contributed by atoms with Gasteiger partial charge in [-0.3, -0.25) is 0 Å². The third-order valence-electron chi connectivity index (χ3n) is 17.2. The van der Waals surface area contributed by atoms with Crippen molar-refractivity contribution < 1.29 is 4.42 Å². The molecule has 5 heterocycles. The van der Waals surface area contributed by atoms with Gasteiger partial charge in [-0.15, -0.1) is 11.8 Å². The number of thioether (sulfide) groups is 1. The zero-order valence-electron chi connectivity index (χ0n) is 43.3. The molecule has 0 radical (unpaired) electrons. The molecule has 0 saturated heterocycles. The highest BCUT2D eigenvalue weighted by atomic mass is 32.2. The van der Waals surface area contributed by atoms with Gasteiger partial charge in [0.15, 0.2) is 0 Å². The van der Waals surface area contributed by atoms with E-state index < -0.39 is 0 Å². The molecule has 1 unspecified atom stereocenters. The molecule has 0 bridgehead atoms. The largest absolute Gasteiger partial charge is 0.455 e. The number of rotatable bonds is 2. The average molecular weight is 941 g/mol. The van der Waals surface area contributed by atoms with Gasteiger partial charge in [-0.2, -0.15) is 0 Å². The Balaban J connectivity index is 1.17. The van der Waals surface area contributed by atoms with Gasteiger partial charge < -0.3 is 13.8 Å². The van der Waals surface area contributed by atoms with Crippen LogP contribution in [0.1, 0.15) is 122 Å². The zero-order valence-corrected chi connectivity index (χ0v) is 44.1. The van der Waals surface area contributed by atoms with Crippen LogP contribution in [0.2, 0.25) is 0 Å². The van der Waals surface area contributed by atoms with Gasteiger partial charge in [0.1, 0.15) is 11.2 Å². The van der Waals surface area contributed by atoms with Crippen LogP contribution in [-0.4, -0.2) is 11.4 Å². The summed E-state index contributed by atoms with van der Waals surface area (Å²) in [6, 6.07) is 54.5. The second-order valence-electron chi connectivity index (χ2n) is 25.1. The Kier molecular flexibility index (Phi) is 8.52. The molecular formula is C66H61BN2OS. The van der Waals surface area contributed by atoms with E-state index in [9.17, 15) is 0 Å². The van der Waals surface area contributed by atoms with E-state index >= 15 is 0 Å². The van der Waals surface area contributed by atoms with E-state index in [1.807, 2.05) is 11.8 Å². The number of hydrogen-bond donors (Lipinski definition) is 0. The Labute approximate surface area is 423 Å². The molecular weight excluding hydrogens is 880 g/mol. The van der Waals surface area contributed by atoms with E-state index in [0.29, 0.717) is 0 Å². The first-order chi connectivity index (χ1) is 33.7. The fourth-order valence-electron chi connectivity index (χ4n) is 13.3. The van der Waals surface area contributed by atoms with Crippen molar-refractivity contribution in [1.82, 2.24) is 4.57 Å². The SMILES string of the molecule is CC(C)(C)c1ccc(N2B3c4cc5c(cc4-n4c6ccc(C(C)(C)C)cc6c6c7oc8ccccc8c7c(c3c64)-c3cc4c(cc32)C(C)(C)c2ccc(C(C)(C)C)cc2-4)SC(C)(c2ccccc2)C5)cc1. The van der Waals surface area contributed by atoms with Crippen LogP contribution in [-0.2, 0) is 32.8 Å². The highest BCUT2D eigenvalue weighted by Crippen LogP contribution is 2.58. The summed E-state index contributed by atoms with van der Waals surface area (Å²) in [4.78, 5) is 4.12. The zero-order chi connectivity index (χ0) is 49.1. The fraction of sp³-hybridized carbons (Fsp3) is 0.273. The highest BCUT2D eigenvalue weighted by Gasteiger charge is 2.49. The van der Waals surface area contributed by atoms with Gasteiger partial charge in [0.2, 0.25) is 0 Å². The van der Waals surface area contributed by atoms with E-state index in [1.165, 1.54) is 127 Å². The predicted molar refractivity (Wildman–Crippen MR) is 304 cm³/mol. The van der Waals surface area contributed by atoms with Crippen molar-refractivity contribution in [2.24, 2.45) is 0 Å². The van der Waals surface area contributed by atoms with E-state index in [4.69, 9.17) is 4.42 Å². The normalized spacial score (nSPS) is 17.6. The molecule has 5 heteroatoms. The van der Waals surface area contributed by atoms with Crippen LogP contribution in [0.25, 0.3) is 71.7 Å². The third kappa shape index (κ3) is 5.87. The van der Waals surface area contributed by atoms with Crippen molar-refractivity contribution in [2.75, 3.05) is 4.81 Å². The maximum absolute atomic E-state index is 7.35. The molecule has 0 saturated carbocycles. The fourth-order valence-corrected chi connectivity index (χ4v) is 14.7. The summed E-state index contributed by atoms with van der Waals surface area (Å²) < 4.78 is 9.92. The minimum absolute atomic E-state index is 0.0152. The number of benzene rings is 8. The topological polar surface area (TPSA) is 21.3 Å². The lowest BCUT2D eigenvalue weighted by Crippen LogP contribution is -2.60. The summed E-state index contributed by atoms with van der Waals surface area (Å²) in [5.74, 6) is 0. The number of hydrogen-bond acceptors (Lipinski definition) is 3. The standard InChI is InChI=1S/C66H61BN2OS/c1-62(2,3)38-22-26-42(27-23-38)69-52-34-49-45(44-31-40(63(4,5)6)24-28-48(44)65(49,10)11)33-47(52)56-57-43-20-16-17-21-54(43)70-61(57)58-46-32-41(64(7,8)9)25-29-51(46)68-53-35-55-37(30-50(53)67(69)59(56)60(58)68)36-66(12,71-55)39-18-14-13-15-19-39/h13-35H,36H2,1-12H3. The first-order valence-electron chi connectivity index (χ1n) is 25.8. The molecule has 0 spiro atoms. The number of fused-ring (bicyclic) bond motifs is 17. The van der Waals surface area contributed by atoms with Crippen molar-refractivity contribution in [3.8, 4) is 27.9 Å². The Morgan fingerprint density at radius 1 is 0.577 bits per heavy atom. The van der Waals surface area contributed by atoms with Gasteiger partial charge in [-0.05, 0) is 145 Å². The van der Waals surface area contributed by atoms with E-state index in [1.54, 1.807) is 0 Å². The predicted octanol–water partition coefficient (Wildman–Crippen LogP) is 16.7. The summed E-state index contributed by atoms with van der Waals surface area (Å²) in [5, 5.41) is 4.85. The van der Waals surface area contributed by atoms with Gasteiger partial charge in [0.05, 0.1) is 16.4 Å². The highest BCUT2D eigenvalue weighted by molar-refractivity contribution is 8.00. The molecule has 0 amide bonds. The second kappa shape index (κ2) is 14.0. The number of furan rings is 1. The Morgan fingerprint density at radius 3 is 1.97 bits per heavy atom. The molecule has 350 valence electrons. The van der Waals surface area contributed by atoms with Crippen LogP contribution in [0.15, 0.2) is 149 Å². The molecule has 1 atom stereocenters. The summed E-state index contributed by atoms with van der Waals surface area (Å²) in [7, 11) is 0. The molecule has 1 aliphatic carbocycles. The molecule has 71 heavy (non-hydrogen) atoms. The molecule has 0 N–H and O–H groups in total. The maximum atomic E-state index is 7.35. The van der Waals surface area contributed by atoms with Crippen LogP contribution < -0.4 is 15.7 Å². The summed E-state index contributed by atoms with van der Waals surface area (Å²) in [6.07, 6.45) is 0.965. The van der Waals surface area contributed by atoms with E-state index in [2.05, 4.69) is 232 Å². The first kappa shape index (κ1) is 43.4. The van der Waals surface area contributed by atoms with Crippen molar-refractivity contribution in [2.45, 2.75) is 121 Å². The van der Waals surface area contributed by atoms with Crippen LogP contribution in [0.4, 0.5) is 11.4 Å². The molecule has 4 aliphatic rings. The smallest absolute Gasteiger partial charge is 0.333 e. The molecule has 3 nitrogen and oxygen atoms in total. The average Bonchev–Trinajstić information content (AvgIpc) is 4.05. The van der Waals surface area contributed by atoms with Crippen LogP contribution in [0, 0.1) is 0 Å². The lowest BCUT2D eigenvalue weighted by molar-refractivity contribution is 0.589. The number of aromatic nitrogens is 1. The van der Waals surface area contributed by atoms with Crippen molar-refractivity contribution in [1.29, 1.82) is 0 Å². The third-order valence-corrected chi connectivity index (χ3v) is 18.6. The molecule has 2 aromatic heterocycles. The monoisotopic (exact) mass is 940 g/mol. The van der Waals surface area contributed by atoms with Gasteiger partial charge in [-0.1, -0.05) is 167 Å². The van der Waals surface area contributed by atoms with E-state index in [0.717, 1.165) is 17.6 Å². The molecule has 3 aliphatic heterocycles. The number of para-hydroxylation sites is 1. The van der Waals surface area contributed by atoms with Gasteiger partial charge in [0.25, 0.3) is 0 Å². The number of anilines is 2. The quantitative estimate of drug-likeness (QED) is 0.161. The van der Waals surface area contributed by atoms with Crippen molar-refractivity contribution in [3.05, 3.63) is 178 Å². The Morgan fingerprint density at radius 2 is 1.24 bits per heavy atom. The second-order valence-corrected chi connectivity index (χ2v) is 26.7. The Hall–Kier alpha value is -6.43. The lowest BCUT2D eigenvalue weighted by Gasteiger charge is -2.43. The van der Waals surface area contributed by atoms with Crippen LogP contribution in [0.3, 0.4) is 0 Å². The minimum atomic E-state index is -0.207. The van der Waals surface area contributed by atoms with Crippen molar-refractivity contribution in [3.63, 3.8) is 0 Å². The van der Waals surface area contributed by atoms with Gasteiger partial charge in [0, 0.05) is 53.8 Å². The van der Waals surface area contributed by atoms with Gasteiger partial charge in [-0.25, -0.2) is 0 Å². The van der Waals surface area contributed by atoms with Crippen LogP contribution >= 0.6 is 11.8 Å². The molecule has 14 rings (SSSR count). The lowest BCUT2D eigenvalue weighted by atomic mass is 9.43. The summed E-state index contributed by atoms with van der Waals surface area (Å²) in [6.45, 7) is 28.2. The Bertz CT molecular complexity index is 3980. The van der Waals surface area contributed by atoms with Gasteiger partial charge >= 0.3 is 6.85 Å². The maximum Gasteiger partial charge on any atom is 0.333 e. The number of nitrogens with zero attached hydrogens (tertiary/aromatic N) is 2.